The third-order valence-electron chi connectivity index (χ3n) is 3.66. The summed E-state index contributed by atoms with van der Waals surface area (Å²) in [4.78, 5) is 30.7. The average Bonchev–Trinajstić information content (AvgIpc) is 3.02. The Balaban J connectivity index is 2.10. The molecule has 1 N–H and O–H groups in total. The lowest BCUT2D eigenvalue weighted by Crippen LogP contribution is -2.26. The first-order chi connectivity index (χ1) is 11.3. The van der Waals surface area contributed by atoms with Crippen molar-refractivity contribution < 1.29 is 14.3 Å². The van der Waals surface area contributed by atoms with Crippen LogP contribution in [0.4, 0.5) is 0 Å². The maximum absolute atomic E-state index is 12.7. The Labute approximate surface area is 154 Å². The molecule has 0 aliphatic carbocycles. The summed E-state index contributed by atoms with van der Waals surface area (Å²) in [5, 5.41) is 2.02. The van der Waals surface area contributed by atoms with Gasteiger partial charge in [-0.15, -0.1) is 11.3 Å². The smallest absolute Gasteiger partial charge is 0.355 e. The quantitative estimate of drug-likeness (QED) is 0.552. The molecule has 0 aromatic carbocycles. The van der Waals surface area contributed by atoms with Gasteiger partial charge in [-0.3, -0.25) is 9.69 Å². The van der Waals surface area contributed by atoms with Gasteiger partial charge in [0.05, 0.1) is 13.2 Å². The minimum absolute atomic E-state index is 0.00470. The Morgan fingerprint density at radius 3 is 2.67 bits per heavy atom. The van der Waals surface area contributed by atoms with Crippen molar-refractivity contribution in [1.29, 1.82) is 0 Å². The maximum atomic E-state index is 12.7. The van der Waals surface area contributed by atoms with Gasteiger partial charge >= 0.3 is 5.97 Å². The van der Waals surface area contributed by atoms with Gasteiger partial charge in [0.15, 0.2) is 5.78 Å². The van der Waals surface area contributed by atoms with E-state index in [0.29, 0.717) is 35.7 Å². The number of aromatic nitrogens is 1. The van der Waals surface area contributed by atoms with E-state index in [1.807, 2.05) is 17.3 Å². The van der Waals surface area contributed by atoms with Gasteiger partial charge in [0, 0.05) is 32.5 Å². The molecule has 0 amide bonds. The number of nitrogens with zero attached hydrogens (tertiary/aromatic N) is 1. The summed E-state index contributed by atoms with van der Waals surface area (Å²) in [5.41, 5.74) is 2.30. The van der Waals surface area contributed by atoms with E-state index in [-0.39, 0.29) is 12.3 Å². The van der Waals surface area contributed by atoms with E-state index in [1.165, 1.54) is 4.88 Å². The highest BCUT2D eigenvalue weighted by molar-refractivity contribution is 9.10. The summed E-state index contributed by atoms with van der Waals surface area (Å²) >= 11 is 5.09. The second kappa shape index (κ2) is 8.09. The standard InChI is InChI=1S/C17H21BrN2O3S/c1-5-23-17(22)16-10(2)15(11(3)19-16)14(21)8-20(4)7-13-6-12(18)9-24-13/h6,9,19H,5,7-8H2,1-4H3. The number of H-pyrrole nitrogens is 1. The number of hydrogen-bond acceptors (Lipinski definition) is 5. The number of carbonyl (C=O) groups excluding carboxylic acids is 2. The van der Waals surface area contributed by atoms with Crippen molar-refractivity contribution in [3.8, 4) is 0 Å². The van der Waals surface area contributed by atoms with Crippen LogP contribution in [0, 0.1) is 13.8 Å². The molecule has 2 aromatic rings. The minimum Gasteiger partial charge on any atom is -0.461 e. The topological polar surface area (TPSA) is 62.4 Å². The first kappa shape index (κ1) is 18.9. The molecule has 2 rings (SSSR count). The zero-order valence-corrected chi connectivity index (χ0v) is 16.6. The number of aryl methyl sites for hydroxylation is 1. The van der Waals surface area contributed by atoms with Crippen LogP contribution in [0.1, 0.15) is 43.9 Å². The highest BCUT2D eigenvalue weighted by atomic mass is 79.9. The van der Waals surface area contributed by atoms with Gasteiger partial charge in [0.25, 0.3) is 0 Å². The molecule has 24 heavy (non-hydrogen) atoms. The Morgan fingerprint density at radius 2 is 2.08 bits per heavy atom. The van der Waals surface area contributed by atoms with E-state index in [1.54, 1.807) is 32.1 Å². The van der Waals surface area contributed by atoms with Gasteiger partial charge in [-0.25, -0.2) is 4.79 Å². The van der Waals surface area contributed by atoms with Crippen LogP contribution in [0.3, 0.4) is 0 Å². The summed E-state index contributed by atoms with van der Waals surface area (Å²) in [6.45, 7) is 6.64. The summed E-state index contributed by atoms with van der Waals surface area (Å²) < 4.78 is 6.08. The van der Waals surface area contributed by atoms with E-state index in [9.17, 15) is 9.59 Å². The number of likely N-dealkylation sites (N-methyl/N-ethyl adjacent to an activating group) is 1. The number of esters is 1. The number of carbonyl (C=O) groups is 2. The molecule has 7 heteroatoms. The summed E-state index contributed by atoms with van der Waals surface area (Å²) in [7, 11) is 1.91. The number of aromatic amines is 1. The second-order valence-corrected chi connectivity index (χ2v) is 7.58. The molecule has 0 aliphatic heterocycles. The first-order valence-corrected chi connectivity index (χ1v) is 9.31. The van der Waals surface area contributed by atoms with Crippen molar-refractivity contribution in [2.45, 2.75) is 27.3 Å². The summed E-state index contributed by atoms with van der Waals surface area (Å²) in [6.07, 6.45) is 0. The minimum atomic E-state index is -0.422. The van der Waals surface area contributed by atoms with Crippen LogP contribution in [-0.4, -0.2) is 41.8 Å². The SMILES string of the molecule is CCOC(=O)c1[nH]c(C)c(C(=O)CN(C)Cc2cc(Br)cs2)c1C. The predicted molar refractivity (Wildman–Crippen MR) is 98.9 cm³/mol. The van der Waals surface area contributed by atoms with Crippen molar-refractivity contribution in [1.82, 2.24) is 9.88 Å². The molecule has 0 saturated carbocycles. The normalized spacial score (nSPS) is 11.1. The van der Waals surface area contributed by atoms with Gasteiger partial charge in [0.2, 0.25) is 0 Å². The molecule has 0 spiro atoms. The molecule has 0 saturated heterocycles. The van der Waals surface area contributed by atoms with E-state index >= 15 is 0 Å². The molecule has 2 aromatic heterocycles. The van der Waals surface area contributed by atoms with Crippen LogP contribution in [0.5, 0.6) is 0 Å². The van der Waals surface area contributed by atoms with Crippen molar-refractivity contribution in [3.63, 3.8) is 0 Å². The van der Waals surface area contributed by atoms with Crippen LogP contribution in [-0.2, 0) is 11.3 Å². The van der Waals surface area contributed by atoms with E-state index in [4.69, 9.17) is 4.74 Å². The van der Waals surface area contributed by atoms with Crippen LogP contribution in [0.15, 0.2) is 15.9 Å². The van der Waals surface area contributed by atoms with Crippen molar-refractivity contribution in [3.05, 3.63) is 43.3 Å². The van der Waals surface area contributed by atoms with Gasteiger partial charge < -0.3 is 9.72 Å². The summed E-state index contributed by atoms with van der Waals surface area (Å²) in [5.74, 6) is -0.427. The van der Waals surface area contributed by atoms with E-state index in [0.717, 1.165) is 4.47 Å². The molecule has 2 heterocycles. The first-order valence-electron chi connectivity index (χ1n) is 7.64. The fourth-order valence-electron chi connectivity index (χ4n) is 2.66. The van der Waals surface area contributed by atoms with Crippen LogP contribution < -0.4 is 0 Å². The number of nitrogens with one attached hydrogen (secondary N) is 1. The Morgan fingerprint density at radius 1 is 1.38 bits per heavy atom. The Hall–Kier alpha value is -1.44. The molecule has 130 valence electrons. The largest absolute Gasteiger partial charge is 0.461 e. The van der Waals surface area contributed by atoms with Crippen LogP contribution in [0.25, 0.3) is 0 Å². The zero-order chi connectivity index (χ0) is 17.9. The molecule has 0 bridgehead atoms. The third kappa shape index (κ3) is 4.34. The van der Waals surface area contributed by atoms with Crippen molar-refractivity contribution in [2.24, 2.45) is 0 Å². The third-order valence-corrected chi connectivity index (χ3v) is 5.34. The number of Topliss-reactive ketones (excluding diaryl/α,β-unsaturated/α-hetero) is 1. The van der Waals surface area contributed by atoms with Crippen molar-refractivity contribution in [2.75, 3.05) is 20.2 Å². The molecule has 0 atom stereocenters. The number of ether oxygens (including phenoxy) is 1. The Bertz CT molecular complexity index is 751. The lowest BCUT2D eigenvalue weighted by Gasteiger charge is -2.15. The zero-order valence-electron chi connectivity index (χ0n) is 14.2. The molecule has 5 nitrogen and oxygen atoms in total. The van der Waals surface area contributed by atoms with Gasteiger partial charge in [-0.05, 0) is 55.4 Å². The number of hydrogen-bond donors (Lipinski definition) is 1. The molecule has 0 unspecified atom stereocenters. The van der Waals surface area contributed by atoms with Gasteiger partial charge in [-0.2, -0.15) is 0 Å². The van der Waals surface area contributed by atoms with Crippen molar-refractivity contribution >= 4 is 39.0 Å². The van der Waals surface area contributed by atoms with Crippen LogP contribution in [0.2, 0.25) is 0 Å². The number of halogens is 1. The predicted octanol–water partition coefficient (Wildman–Crippen LogP) is 3.95. The number of rotatable bonds is 7. The van der Waals surface area contributed by atoms with Gasteiger partial charge in [0.1, 0.15) is 5.69 Å². The monoisotopic (exact) mass is 412 g/mol. The average molecular weight is 413 g/mol. The molecular weight excluding hydrogens is 392 g/mol. The fourth-order valence-corrected chi connectivity index (χ4v) is 4.19. The number of ketones is 1. The molecule has 0 radical (unpaired) electrons. The van der Waals surface area contributed by atoms with Gasteiger partial charge in [-0.1, -0.05) is 0 Å². The molecular formula is C17H21BrN2O3S. The highest BCUT2D eigenvalue weighted by Crippen LogP contribution is 2.22. The molecule has 0 fully saturated rings. The Kier molecular flexibility index (Phi) is 6.37. The second-order valence-electron chi connectivity index (χ2n) is 5.67. The van der Waals surface area contributed by atoms with E-state index < -0.39 is 5.97 Å². The maximum Gasteiger partial charge on any atom is 0.355 e. The lowest BCUT2D eigenvalue weighted by molar-refractivity contribution is 0.0519. The number of thiophene rings is 1. The van der Waals surface area contributed by atoms with Crippen LogP contribution >= 0.6 is 27.3 Å². The summed E-state index contributed by atoms with van der Waals surface area (Å²) in [6, 6.07) is 2.05. The highest BCUT2D eigenvalue weighted by Gasteiger charge is 2.23. The molecule has 0 aliphatic rings. The van der Waals surface area contributed by atoms with E-state index in [2.05, 4.69) is 27.0 Å². The lowest BCUT2D eigenvalue weighted by atomic mass is 10.1. The fraction of sp³-hybridized carbons (Fsp3) is 0.412.